The lowest BCUT2D eigenvalue weighted by atomic mass is 10.1. The average Bonchev–Trinajstić information content (AvgIpc) is 3.48. The van der Waals surface area contributed by atoms with Crippen molar-refractivity contribution in [3.05, 3.63) is 48.4 Å². The number of amides is 2. The Bertz CT molecular complexity index is 1100. The number of anilines is 2. The van der Waals surface area contributed by atoms with Crippen LogP contribution in [0.25, 0.3) is 11.1 Å². The number of para-hydroxylation sites is 2. The predicted octanol–water partition coefficient (Wildman–Crippen LogP) is 3.85. The van der Waals surface area contributed by atoms with E-state index in [1.54, 1.807) is 17.9 Å². The molecule has 2 aromatic carbocycles. The first kappa shape index (κ1) is 17.7. The van der Waals surface area contributed by atoms with Gasteiger partial charge in [0.15, 0.2) is 17.6 Å². The fourth-order valence-corrected chi connectivity index (χ4v) is 3.55. The van der Waals surface area contributed by atoms with Crippen LogP contribution in [0.4, 0.5) is 11.4 Å². The van der Waals surface area contributed by atoms with Crippen LogP contribution < -0.4 is 15.0 Å². The molecule has 1 aliphatic carbocycles. The Kier molecular flexibility index (Phi) is 4.23. The molecule has 148 valence electrons. The third-order valence-corrected chi connectivity index (χ3v) is 5.25. The third-order valence-electron chi connectivity index (χ3n) is 5.25. The second kappa shape index (κ2) is 6.92. The minimum atomic E-state index is -0.566. The van der Waals surface area contributed by atoms with Crippen molar-refractivity contribution >= 4 is 34.3 Å². The number of oxazole rings is 1. The highest BCUT2D eigenvalue weighted by Gasteiger charge is 2.31. The molecule has 2 aliphatic rings. The molecule has 7 nitrogen and oxygen atoms in total. The molecule has 2 heterocycles. The molecule has 1 aromatic heterocycles. The molecule has 1 saturated carbocycles. The Balaban J connectivity index is 1.26. The molecule has 7 heteroatoms. The van der Waals surface area contributed by atoms with Gasteiger partial charge in [0.05, 0.1) is 5.69 Å². The Labute approximate surface area is 167 Å². The van der Waals surface area contributed by atoms with Crippen LogP contribution in [0.3, 0.4) is 0 Å². The molecule has 0 bridgehead atoms. The Morgan fingerprint density at radius 3 is 2.90 bits per heavy atom. The number of rotatable bonds is 5. The average molecular weight is 391 g/mol. The van der Waals surface area contributed by atoms with E-state index < -0.39 is 6.10 Å². The third kappa shape index (κ3) is 3.44. The molecule has 2 amide bonds. The van der Waals surface area contributed by atoms with Gasteiger partial charge in [-0.05, 0) is 50.1 Å². The van der Waals surface area contributed by atoms with E-state index in [4.69, 9.17) is 9.15 Å². The number of carbonyl (C=O) groups excluding carboxylic acids is 2. The van der Waals surface area contributed by atoms with E-state index >= 15 is 0 Å². The lowest BCUT2D eigenvalue weighted by Gasteiger charge is -2.32. The lowest BCUT2D eigenvalue weighted by molar-refractivity contribution is -0.125. The molecule has 29 heavy (non-hydrogen) atoms. The predicted molar refractivity (Wildman–Crippen MR) is 108 cm³/mol. The van der Waals surface area contributed by atoms with E-state index in [0.29, 0.717) is 23.0 Å². The molecule has 1 unspecified atom stereocenters. The zero-order valence-electron chi connectivity index (χ0n) is 16.1. The van der Waals surface area contributed by atoms with Crippen molar-refractivity contribution in [2.75, 3.05) is 16.8 Å². The highest BCUT2D eigenvalue weighted by atomic mass is 16.5. The highest BCUT2D eigenvalue weighted by Crippen LogP contribution is 2.40. The summed E-state index contributed by atoms with van der Waals surface area (Å²) in [4.78, 5) is 31.1. The van der Waals surface area contributed by atoms with E-state index in [-0.39, 0.29) is 24.8 Å². The molecule has 1 atom stereocenters. The summed E-state index contributed by atoms with van der Waals surface area (Å²) in [5.74, 6) is 1.56. The molecule has 1 N–H and O–H groups in total. The fraction of sp³-hybridized carbons (Fsp3) is 0.318. The van der Waals surface area contributed by atoms with Gasteiger partial charge in [-0.1, -0.05) is 12.1 Å². The maximum atomic E-state index is 12.5. The molecular formula is C22H21N3O4. The number of hydrogen-bond donors (Lipinski definition) is 1. The molecule has 0 radical (unpaired) electrons. The smallest absolute Gasteiger partial charge is 0.267 e. The molecule has 1 fully saturated rings. The number of nitrogens with one attached hydrogen (secondary N) is 1. The normalized spacial score (nSPS) is 18.4. The Morgan fingerprint density at radius 1 is 1.24 bits per heavy atom. The van der Waals surface area contributed by atoms with Gasteiger partial charge in [0.1, 0.15) is 11.3 Å². The summed E-state index contributed by atoms with van der Waals surface area (Å²) in [6.07, 6.45) is 1.86. The summed E-state index contributed by atoms with van der Waals surface area (Å²) in [7, 11) is 0. The summed E-state index contributed by atoms with van der Waals surface area (Å²) in [6.45, 7) is 2.00. The number of fused-ring (bicyclic) bond motifs is 2. The summed E-state index contributed by atoms with van der Waals surface area (Å²) in [5.41, 5.74) is 2.84. The van der Waals surface area contributed by atoms with Crippen LogP contribution in [0.5, 0.6) is 5.75 Å². The zero-order chi connectivity index (χ0) is 20.0. The van der Waals surface area contributed by atoms with Gasteiger partial charge in [-0.3, -0.25) is 9.59 Å². The summed E-state index contributed by atoms with van der Waals surface area (Å²) < 4.78 is 11.4. The lowest BCUT2D eigenvalue weighted by Crippen LogP contribution is -2.45. The van der Waals surface area contributed by atoms with Crippen LogP contribution in [-0.2, 0) is 9.59 Å². The quantitative estimate of drug-likeness (QED) is 0.714. The van der Waals surface area contributed by atoms with Crippen molar-refractivity contribution in [2.24, 2.45) is 0 Å². The second-order valence-corrected chi connectivity index (χ2v) is 7.52. The van der Waals surface area contributed by atoms with Gasteiger partial charge in [-0.25, -0.2) is 4.98 Å². The zero-order valence-corrected chi connectivity index (χ0v) is 16.1. The van der Waals surface area contributed by atoms with Crippen LogP contribution in [0.1, 0.15) is 38.0 Å². The SMILES string of the molecule is CC1Oc2ccccc2N(CCC(=O)Nc2ccc3oc(C4CC4)nc3c2)C1=O. The van der Waals surface area contributed by atoms with Crippen LogP contribution in [-0.4, -0.2) is 29.4 Å². The van der Waals surface area contributed by atoms with Gasteiger partial charge in [0.25, 0.3) is 5.91 Å². The van der Waals surface area contributed by atoms with Gasteiger partial charge < -0.3 is 19.4 Å². The van der Waals surface area contributed by atoms with Crippen molar-refractivity contribution in [3.8, 4) is 5.75 Å². The first-order chi connectivity index (χ1) is 14.1. The minimum Gasteiger partial charge on any atom is -0.479 e. The summed E-state index contributed by atoms with van der Waals surface area (Å²) >= 11 is 0. The van der Waals surface area contributed by atoms with E-state index in [2.05, 4.69) is 10.3 Å². The summed E-state index contributed by atoms with van der Waals surface area (Å²) in [6, 6.07) is 12.8. The minimum absolute atomic E-state index is 0.145. The molecule has 3 aromatic rings. The first-order valence-corrected chi connectivity index (χ1v) is 9.86. The van der Waals surface area contributed by atoms with Crippen molar-refractivity contribution in [1.29, 1.82) is 0 Å². The van der Waals surface area contributed by atoms with Crippen LogP contribution >= 0.6 is 0 Å². The van der Waals surface area contributed by atoms with Gasteiger partial charge in [0.2, 0.25) is 5.91 Å². The van der Waals surface area contributed by atoms with Gasteiger partial charge >= 0.3 is 0 Å². The molecule has 0 spiro atoms. The van der Waals surface area contributed by atoms with Gasteiger partial charge in [0, 0.05) is 24.6 Å². The van der Waals surface area contributed by atoms with E-state index in [1.807, 2.05) is 36.4 Å². The second-order valence-electron chi connectivity index (χ2n) is 7.52. The van der Waals surface area contributed by atoms with Crippen molar-refractivity contribution < 1.29 is 18.7 Å². The van der Waals surface area contributed by atoms with Crippen LogP contribution in [0.15, 0.2) is 46.9 Å². The Hall–Kier alpha value is -3.35. The maximum Gasteiger partial charge on any atom is 0.267 e. The topological polar surface area (TPSA) is 84.7 Å². The number of ether oxygens (including phenoxy) is 1. The maximum absolute atomic E-state index is 12.5. The highest BCUT2D eigenvalue weighted by molar-refractivity contribution is 6.01. The van der Waals surface area contributed by atoms with Crippen LogP contribution in [0.2, 0.25) is 0 Å². The van der Waals surface area contributed by atoms with Crippen molar-refractivity contribution in [3.63, 3.8) is 0 Å². The van der Waals surface area contributed by atoms with Crippen molar-refractivity contribution in [2.45, 2.75) is 38.2 Å². The van der Waals surface area contributed by atoms with E-state index in [0.717, 1.165) is 29.8 Å². The molecule has 1 aliphatic heterocycles. The van der Waals surface area contributed by atoms with Crippen LogP contribution in [0, 0.1) is 0 Å². The molecule has 0 saturated heterocycles. The number of aromatic nitrogens is 1. The number of nitrogens with zero attached hydrogens (tertiary/aromatic N) is 2. The standard InChI is InChI=1S/C22H21N3O4/c1-13-22(27)25(17-4-2-3-5-19(17)28-13)11-10-20(26)23-15-8-9-18-16(12-15)24-21(29-18)14-6-7-14/h2-5,8-9,12-14H,6-7,10-11H2,1H3,(H,23,26). The number of carbonyl (C=O) groups is 2. The van der Waals surface area contributed by atoms with E-state index in [1.165, 1.54) is 0 Å². The van der Waals surface area contributed by atoms with E-state index in [9.17, 15) is 9.59 Å². The monoisotopic (exact) mass is 391 g/mol. The fourth-order valence-electron chi connectivity index (χ4n) is 3.55. The van der Waals surface area contributed by atoms with Gasteiger partial charge in [-0.2, -0.15) is 0 Å². The Morgan fingerprint density at radius 2 is 2.07 bits per heavy atom. The number of benzene rings is 2. The number of hydrogen-bond acceptors (Lipinski definition) is 5. The summed E-state index contributed by atoms with van der Waals surface area (Å²) in [5, 5.41) is 2.89. The largest absolute Gasteiger partial charge is 0.479 e. The van der Waals surface area contributed by atoms with Gasteiger partial charge in [-0.15, -0.1) is 0 Å². The van der Waals surface area contributed by atoms with Crippen molar-refractivity contribution in [1.82, 2.24) is 4.98 Å². The molecular weight excluding hydrogens is 370 g/mol. The molecule has 5 rings (SSSR count). The first-order valence-electron chi connectivity index (χ1n) is 9.86.